The molecule has 116 valence electrons. The molecule has 0 amide bonds. The summed E-state index contributed by atoms with van der Waals surface area (Å²) in [5.74, 6) is 0.135. The van der Waals surface area contributed by atoms with Crippen molar-refractivity contribution in [1.29, 1.82) is 0 Å². The van der Waals surface area contributed by atoms with E-state index in [2.05, 4.69) is 43.3 Å². The first kappa shape index (κ1) is 15.3. The highest BCUT2D eigenvalue weighted by Crippen LogP contribution is 2.37. The van der Waals surface area contributed by atoms with E-state index in [1.807, 2.05) is 24.3 Å². The van der Waals surface area contributed by atoms with Gasteiger partial charge in [-0.2, -0.15) is 0 Å². The lowest BCUT2D eigenvalue weighted by Gasteiger charge is -2.38. The van der Waals surface area contributed by atoms with Crippen molar-refractivity contribution in [3.63, 3.8) is 0 Å². The highest BCUT2D eigenvalue weighted by Gasteiger charge is 2.35. The Bertz CT molecular complexity index is 567. The fourth-order valence-corrected chi connectivity index (χ4v) is 3.26. The van der Waals surface area contributed by atoms with E-state index in [9.17, 15) is 5.11 Å². The Morgan fingerprint density at radius 2 is 1.64 bits per heavy atom. The summed E-state index contributed by atoms with van der Waals surface area (Å²) >= 11 is 0. The number of benzene rings is 2. The molecule has 0 saturated carbocycles. The van der Waals surface area contributed by atoms with E-state index in [-0.39, 0.29) is 24.2 Å². The molecule has 4 atom stereocenters. The van der Waals surface area contributed by atoms with Gasteiger partial charge in [-0.05, 0) is 30.4 Å². The largest absolute Gasteiger partial charge is 0.393 e. The Balaban J connectivity index is 1.66. The normalized spacial score (nSPS) is 28.5. The van der Waals surface area contributed by atoms with Crippen LogP contribution in [0.1, 0.15) is 37.0 Å². The van der Waals surface area contributed by atoms with Gasteiger partial charge in [-0.15, -0.1) is 0 Å². The van der Waals surface area contributed by atoms with Crippen molar-refractivity contribution in [2.45, 2.75) is 44.5 Å². The van der Waals surface area contributed by atoms with Crippen molar-refractivity contribution >= 4 is 0 Å². The van der Waals surface area contributed by atoms with Gasteiger partial charge in [-0.3, -0.25) is 0 Å². The molecule has 2 nitrogen and oxygen atoms in total. The van der Waals surface area contributed by atoms with E-state index >= 15 is 0 Å². The van der Waals surface area contributed by atoms with Gasteiger partial charge in [0.05, 0.1) is 18.3 Å². The molecule has 1 heterocycles. The molecule has 0 unspecified atom stereocenters. The van der Waals surface area contributed by atoms with Gasteiger partial charge in [0.15, 0.2) is 0 Å². The Morgan fingerprint density at radius 1 is 1.00 bits per heavy atom. The monoisotopic (exact) mass is 296 g/mol. The molecule has 22 heavy (non-hydrogen) atoms. The van der Waals surface area contributed by atoms with Crippen molar-refractivity contribution in [2.75, 3.05) is 0 Å². The molecule has 0 aromatic heterocycles. The van der Waals surface area contributed by atoms with Crippen LogP contribution in [0.5, 0.6) is 0 Å². The molecule has 1 aliphatic rings. The first-order valence-electron chi connectivity index (χ1n) is 8.16. The molecule has 3 rings (SSSR count). The molecule has 2 aromatic carbocycles. The Labute approximate surface area is 132 Å². The SMILES string of the molecule is C[C@@H]1[C@@H](O)C[C@@H](CCc2ccccc2)O[C@H]1c1ccccc1. The van der Waals surface area contributed by atoms with E-state index in [0.717, 1.165) is 19.3 Å². The Kier molecular flexibility index (Phi) is 4.91. The van der Waals surface area contributed by atoms with E-state index in [0.29, 0.717) is 0 Å². The summed E-state index contributed by atoms with van der Waals surface area (Å²) < 4.78 is 6.32. The van der Waals surface area contributed by atoms with E-state index in [1.165, 1.54) is 11.1 Å². The summed E-state index contributed by atoms with van der Waals surface area (Å²) in [4.78, 5) is 0. The standard InChI is InChI=1S/C20H24O2/c1-15-19(21)14-18(13-12-16-8-4-2-5-9-16)22-20(15)17-10-6-3-7-11-17/h2-11,15,18-21H,12-14H2,1H3/t15-,18-,19+,20-/m1/s1. The average Bonchev–Trinajstić information content (AvgIpc) is 2.57. The van der Waals surface area contributed by atoms with Crippen LogP contribution >= 0.6 is 0 Å². The highest BCUT2D eigenvalue weighted by atomic mass is 16.5. The summed E-state index contributed by atoms with van der Waals surface area (Å²) in [6.45, 7) is 2.08. The summed E-state index contributed by atoms with van der Waals surface area (Å²) in [7, 11) is 0. The number of aliphatic hydroxyl groups excluding tert-OH is 1. The summed E-state index contributed by atoms with van der Waals surface area (Å²) in [6.07, 6.45) is 2.50. The molecule has 0 bridgehead atoms. The van der Waals surface area contributed by atoms with Crippen LogP contribution < -0.4 is 0 Å². The third-order valence-electron chi connectivity index (χ3n) is 4.65. The van der Waals surface area contributed by atoms with E-state index < -0.39 is 0 Å². The van der Waals surface area contributed by atoms with Crippen molar-refractivity contribution in [2.24, 2.45) is 5.92 Å². The minimum atomic E-state index is -0.292. The first-order valence-corrected chi connectivity index (χ1v) is 8.16. The number of aliphatic hydroxyl groups is 1. The topological polar surface area (TPSA) is 29.5 Å². The average molecular weight is 296 g/mol. The van der Waals surface area contributed by atoms with Crippen molar-refractivity contribution in [3.05, 3.63) is 71.8 Å². The predicted molar refractivity (Wildman–Crippen MR) is 88.6 cm³/mol. The second-order valence-corrected chi connectivity index (χ2v) is 6.28. The van der Waals surface area contributed by atoms with Crippen LogP contribution in [0.4, 0.5) is 0 Å². The Hall–Kier alpha value is -1.64. The molecule has 2 aromatic rings. The molecule has 2 heteroatoms. The van der Waals surface area contributed by atoms with Gasteiger partial charge in [0.2, 0.25) is 0 Å². The summed E-state index contributed by atoms with van der Waals surface area (Å²) in [5.41, 5.74) is 2.49. The van der Waals surface area contributed by atoms with Gasteiger partial charge >= 0.3 is 0 Å². The van der Waals surface area contributed by atoms with Crippen molar-refractivity contribution < 1.29 is 9.84 Å². The lowest BCUT2D eigenvalue weighted by molar-refractivity contribution is -0.135. The lowest BCUT2D eigenvalue weighted by Crippen LogP contribution is -2.38. The quantitative estimate of drug-likeness (QED) is 0.918. The molecule has 1 aliphatic heterocycles. The Morgan fingerprint density at radius 3 is 2.32 bits per heavy atom. The second kappa shape index (κ2) is 7.08. The van der Waals surface area contributed by atoms with Crippen LogP contribution in [0.3, 0.4) is 0 Å². The highest BCUT2D eigenvalue weighted by molar-refractivity contribution is 5.19. The second-order valence-electron chi connectivity index (χ2n) is 6.28. The zero-order valence-electron chi connectivity index (χ0n) is 13.1. The number of aryl methyl sites for hydroxylation is 1. The third-order valence-corrected chi connectivity index (χ3v) is 4.65. The molecule has 1 N–H and O–H groups in total. The van der Waals surface area contributed by atoms with Gasteiger partial charge in [0.1, 0.15) is 0 Å². The fourth-order valence-electron chi connectivity index (χ4n) is 3.26. The zero-order valence-corrected chi connectivity index (χ0v) is 13.1. The maximum absolute atomic E-state index is 10.4. The van der Waals surface area contributed by atoms with E-state index in [1.54, 1.807) is 0 Å². The van der Waals surface area contributed by atoms with Crippen molar-refractivity contribution in [1.82, 2.24) is 0 Å². The molecule has 0 spiro atoms. The molecule has 1 saturated heterocycles. The minimum absolute atomic E-state index is 0.00859. The molecular formula is C20H24O2. The van der Waals surface area contributed by atoms with Crippen LogP contribution in [0, 0.1) is 5.92 Å². The number of rotatable bonds is 4. The van der Waals surface area contributed by atoms with Gasteiger partial charge in [0.25, 0.3) is 0 Å². The van der Waals surface area contributed by atoms with Crippen LogP contribution in [0.2, 0.25) is 0 Å². The zero-order chi connectivity index (χ0) is 15.4. The number of ether oxygens (including phenoxy) is 1. The van der Waals surface area contributed by atoms with E-state index in [4.69, 9.17) is 4.74 Å². The van der Waals surface area contributed by atoms with Gasteiger partial charge in [-0.1, -0.05) is 67.6 Å². The first-order chi connectivity index (χ1) is 10.7. The minimum Gasteiger partial charge on any atom is -0.393 e. The van der Waals surface area contributed by atoms with Crippen LogP contribution in [-0.2, 0) is 11.2 Å². The molecule has 0 aliphatic carbocycles. The predicted octanol–water partition coefficient (Wildman–Crippen LogP) is 4.15. The maximum atomic E-state index is 10.4. The van der Waals surface area contributed by atoms with Crippen LogP contribution in [-0.4, -0.2) is 17.3 Å². The number of hydrogen-bond donors (Lipinski definition) is 1. The number of hydrogen-bond acceptors (Lipinski definition) is 2. The maximum Gasteiger partial charge on any atom is 0.0878 e. The summed E-state index contributed by atoms with van der Waals surface area (Å²) in [6, 6.07) is 20.7. The van der Waals surface area contributed by atoms with Gasteiger partial charge in [0, 0.05) is 5.92 Å². The van der Waals surface area contributed by atoms with Crippen LogP contribution in [0.15, 0.2) is 60.7 Å². The fraction of sp³-hybridized carbons (Fsp3) is 0.400. The molecular weight excluding hydrogens is 272 g/mol. The van der Waals surface area contributed by atoms with Gasteiger partial charge < -0.3 is 9.84 Å². The molecule has 0 radical (unpaired) electrons. The molecule has 1 fully saturated rings. The summed E-state index contributed by atoms with van der Waals surface area (Å²) in [5, 5.41) is 10.4. The smallest absolute Gasteiger partial charge is 0.0878 e. The van der Waals surface area contributed by atoms with Crippen molar-refractivity contribution in [3.8, 4) is 0 Å². The lowest BCUT2D eigenvalue weighted by atomic mass is 9.85. The van der Waals surface area contributed by atoms with Gasteiger partial charge in [-0.25, -0.2) is 0 Å². The third kappa shape index (κ3) is 3.57. The van der Waals surface area contributed by atoms with Crippen LogP contribution in [0.25, 0.3) is 0 Å².